The molecule has 1 aromatic heterocycles. The third-order valence-electron chi connectivity index (χ3n) is 3.12. The van der Waals surface area contributed by atoms with Crippen molar-refractivity contribution in [1.29, 1.82) is 0 Å². The number of fused-ring (bicyclic) bond motifs is 1. The van der Waals surface area contributed by atoms with Gasteiger partial charge in [-0.3, -0.25) is 9.78 Å². The minimum atomic E-state index is 0.0358. The summed E-state index contributed by atoms with van der Waals surface area (Å²) in [6, 6.07) is 14.1. The smallest absolute Gasteiger partial charge is 0.224 e. The van der Waals surface area contributed by atoms with Crippen LogP contribution in [0.5, 0.6) is 0 Å². The summed E-state index contributed by atoms with van der Waals surface area (Å²) in [5, 5.41) is 5.25. The Bertz CT molecular complexity index is 722. The van der Waals surface area contributed by atoms with Crippen LogP contribution < -0.4 is 5.32 Å². The molecular formula is C16H14N2OS. The molecule has 0 fully saturated rings. The standard InChI is InChI=1S/C16H14N2OS/c19-16(8-7-15-10-17-11-20-15)18-14-6-5-12-3-1-2-4-13(12)9-14/h1-6,9-11H,7-8H2,(H,18,19). The van der Waals surface area contributed by atoms with Gasteiger partial charge in [0, 0.05) is 23.2 Å². The summed E-state index contributed by atoms with van der Waals surface area (Å²) in [4.78, 5) is 17.1. The van der Waals surface area contributed by atoms with Gasteiger partial charge in [-0.25, -0.2) is 0 Å². The first-order valence-electron chi connectivity index (χ1n) is 6.47. The molecule has 100 valence electrons. The third kappa shape index (κ3) is 3.03. The first kappa shape index (κ1) is 12.8. The lowest BCUT2D eigenvalue weighted by molar-refractivity contribution is -0.116. The van der Waals surface area contributed by atoms with Crippen molar-refractivity contribution < 1.29 is 4.79 Å². The van der Waals surface area contributed by atoms with E-state index < -0.39 is 0 Å². The molecule has 0 saturated carbocycles. The minimum Gasteiger partial charge on any atom is -0.326 e. The van der Waals surface area contributed by atoms with Crippen molar-refractivity contribution in [1.82, 2.24) is 4.98 Å². The largest absolute Gasteiger partial charge is 0.326 e. The van der Waals surface area contributed by atoms with Crippen molar-refractivity contribution >= 4 is 33.7 Å². The number of carbonyl (C=O) groups excluding carboxylic acids is 1. The lowest BCUT2D eigenvalue weighted by Gasteiger charge is -2.06. The lowest BCUT2D eigenvalue weighted by atomic mass is 10.1. The molecule has 4 heteroatoms. The number of amides is 1. The summed E-state index contributed by atoms with van der Waals surface area (Å²) < 4.78 is 0. The van der Waals surface area contributed by atoms with Gasteiger partial charge in [-0.05, 0) is 29.3 Å². The first-order chi connectivity index (χ1) is 9.81. The van der Waals surface area contributed by atoms with Gasteiger partial charge >= 0.3 is 0 Å². The van der Waals surface area contributed by atoms with Crippen LogP contribution in [-0.4, -0.2) is 10.9 Å². The van der Waals surface area contributed by atoms with Crippen molar-refractivity contribution in [3.8, 4) is 0 Å². The van der Waals surface area contributed by atoms with E-state index in [2.05, 4.69) is 16.4 Å². The number of nitrogens with zero attached hydrogens (tertiary/aromatic N) is 1. The van der Waals surface area contributed by atoms with Crippen LogP contribution in [0, 0.1) is 0 Å². The van der Waals surface area contributed by atoms with Crippen molar-refractivity contribution in [3.05, 3.63) is 59.0 Å². The SMILES string of the molecule is O=C(CCc1cncs1)Nc1ccc2ccccc2c1. The Balaban J connectivity index is 1.65. The molecule has 0 unspecified atom stereocenters. The monoisotopic (exact) mass is 282 g/mol. The average molecular weight is 282 g/mol. The molecule has 0 aliphatic heterocycles. The molecular weight excluding hydrogens is 268 g/mol. The van der Waals surface area contributed by atoms with Gasteiger partial charge in [0.15, 0.2) is 0 Å². The Kier molecular flexibility index (Phi) is 3.74. The molecule has 1 N–H and O–H groups in total. The summed E-state index contributed by atoms with van der Waals surface area (Å²) >= 11 is 1.58. The van der Waals surface area contributed by atoms with Gasteiger partial charge in [0.25, 0.3) is 0 Å². The number of aromatic nitrogens is 1. The zero-order valence-corrected chi connectivity index (χ0v) is 11.7. The van der Waals surface area contributed by atoms with Gasteiger partial charge in [-0.1, -0.05) is 30.3 Å². The zero-order valence-electron chi connectivity index (χ0n) is 10.9. The highest BCUT2D eigenvalue weighted by Gasteiger charge is 2.04. The van der Waals surface area contributed by atoms with E-state index in [0.29, 0.717) is 6.42 Å². The number of nitrogens with one attached hydrogen (secondary N) is 1. The van der Waals surface area contributed by atoms with Crippen LogP contribution in [0.1, 0.15) is 11.3 Å². The predicted octanol–water partition coefficient (Wildman–Crippen LogP) is 3.87. The van der Waals surface area contributed by atoms with Gasteiger partial charge in [-0.15, -0.1) is 11.3 Å². The molecule has 0 bridgehead atoms. The zero-order chi connectivity index (χ0) is 13.8. The van der Waals surface area contributed by atoms with Gasteiger partial charge < -0.3 is 5.32 Å². The van der Waals surface area contributed by atoms with Gasteiger partial charge in [0.05, 0.1) is 5.51 Å². The normalized spacial score (nSPS) is 10.6. The van der Waals surface area contributed by atoms with E-state index >= 15 is 0 Å². The van der Waals surface area contributed by atoms with Crippen LogP contribution in [0.25, 0.3) is 10.8 Å². The molecule has 0 spiro atoms. The number of benzene rings is 2. The molecule has 0 atom stereocenters. The van der Waals surface area contributed by atoms with Gasteiger partial charge in [0.1, 0.15) is 0 Å². The summed E-state index contributed by atoms with van der Waals surface area (Å²) in [5.41, 5.74) is 2.63. The fraction of sp³-hybridized carbons (Fsp3) is 0.125. The second kappa shape index (κ2) is 5.84. The quantitative estimate of drug-likeness (QED) is 0.789. The lowest BCUT2D eigenvalue weighted by Crippen LogP contribution is -2.11. The number of thiazole rings is 1. The van der Waals surface area contributed by atoms with Crippen LogP contribution in [0.2, 0.25) is 0 Å². The molecule has 3 aromatic rings. The van der Waals surface area contributed by atoms with E-state index in [9.17, 15) is 4.79 Å². The molecule has 20 heavy (non-hydrogen) atoms. The second-order valence-corrected chi connectivity index (χ2v) is 5.55. The summed E-state index contributed by atoms with van der Waals surface area (Å²) in [7, 11) is 0. The van der Waals surface area contributed by atoms with Crippen molar-refractivity contribution in [3.63, 3.8) is 0 Å². The maximum absolute atomic E-state index is 11.9. The predicted molar refractivity (Wildman–Crippen MR) is 83.0 cm³/mol. The molecule has 3 rings (SSSR count). The van der Waals surface area contributed by atoms with Crippen LogP contribution in [0.15, 0.2) is 54.2 Å². The van der Waals surface area contributed by atoms with Gasteiger partial charge in [-0.2, -0.15) is 0 Å². The molecule has 0 aliphatic rings. The topological polar surface area (TPSA) is 42.0 Å². The van der Waals surface area contributed by atoms with E-state index in [0.717, 1.165) is 22.4 Å². The number of rotatable bonds is 4. The molecule has 1 heterocycles. The maximum atomic E-state index is 11.9. The summed E-state index contributed by atoms with van der Waals surface area (Å²) in [6.07, 6.45) is 3.03. The average Bonchev–Trinajstić information content (AvgIpc) is 2.98. The molecule has 0 saturated heterocycles. The second-order valence-electron chi connectivity index (χ2n) is 4.58. The van der Waals surface area contributed by atoms with Crippen LogP contribution in [0.3, 0.4) is 0 Å². The van der Waals surface area contributed by atoms with Crippen molar-refractivity contribution in [2.24, 2.45) is 0 Å². The highest BCUT2D eigenvalue weighted by Crippen LogP contribution is 2.19. The third-order valence-corrected chi connectivity index (χ3v) is 3.95. The Labute approximate surface area is 121 Å². The minimum absolute atomic E-state index is 0.0358. The highest BCUT2D eigenvalue weighted by molar-refractivity contribution is 7.09. The number of hydrogen-bond acceptors (Lipinski definition) is 3. The Morgan fingerprint density at radius 3 is 2.80 bits per heavy atom. The van der Waals surface area contributed by atoms with E-state index in [4.69, 9.17) is 0 Å². The van der Waals surface area contributed by atoms with Crippen LogP contribution in [-0.2, 0) is 11.2 Å². The number of carbonyl (C=O) groups is 1. The molecule has 2 aromatic carbocycles. The van der Waals surface area contributed by atoms with E-state index in [1.807, 2.05) is 42.6 Å². The number of anilines is 1. The van der Waals surface area contributed by atoms with E-state index in [1.54, 1.807) is 16.8 Å². The summed E-state index contributed by atoms with van der Waals surface area (Å²) in [5.74, 6) is 0.0358. The number of hydrogen-bond donors (Lipinski definition) is 1. The molecule has 0 aliphatic carbocycles. The molecule has 3 nitrogen and oxygen atoms in total. The Morgan fingerprint density at radius 2 is 2.00 bits per heavy atom. The van der Waals surface area contributed by atoms with Crippen LogP contribution in [0.4, 0.5) is 5.69 Å². The fourth-order valence-corrected chi connectivity index (χ4v) is 2.69. The number of aryl methyl sites for hydroxylation is 1. The van der Waals surface area contributed by atoms with E-state index in [-0.39, 0.29) is 5.91 Å². The summed E-state index contributed by atoms with van der Waals surface area (Å²) in [6.45, 7) is 0. The highest BCUT2D eigenvalue weighted by atomic mass is 32.1. The van der Waals surface area contributed by atoms with Crippen molar-refractivity contribution in [2.45, 2.75) is 12.8 Å². The van der Waals surface area contributed by atoms with Crippen LogP contribution >= 0.6 is 11.3 Å². The maximum Gasteiger partial charge on any atom is 0.224 e. The fourth-order valence-electron chi connectivity index (χ4n) is 2.09. The first-order valence-corrected chi connectivity index (χ1v) is 7.35. The molecule has 0 radical (unpaired) electrons. The molecule has 1 amide bonds. The van der Waals surface area contributed by atoms with Crippen molar-refractivity contribution in [2.75, 3.05) is 5.32 Å². The van der Waals surface area contributed by atoms with Gasteiger partial charge in [0.2, 0.25) is 5.91 Å². The Morgan fingerprint density at radius 1 is 1.15 bits per heavy atom. The van der Waals surface area contributed by atoms with E-state index in [1.165, 1.54) is 5.39 Å². The Hall–Kier alpha value is -2.20.